The summed E-state index contributed by atoms with van der Waals surface area (Å²) in [5.74, 6) is 0.796. The molecule has 0 saturated heterocycles. The van der Waals surface area contributed by atoms with E-state index < -0.39 is 6.10 Å². The summed E-state index contributed by atoms with van der Waals surface area (Å²) in [5, 5.41) is 16.2. The van der Waals surface area contributed by atoms with Crippen LogP contribution in [0.5, 0.6) is 5.75 Å². The monoisotopic (exact) mass is 383 g/mol. The molecule has 29 heavy (non-hydrogen) atoms. The molecule has 1 atom stereocenters. The fraction of sp³-hybridized carbons (Fsp3) is 0.154. The highest BCUT2D eigenvalue weighted by Gasteiger charge is 2.15. The van der Waals surface area contributed by atoms with Crippen molar-refractivity contribution in [3.05, 3.63) is 114 Å². The first-order valence-electron chi connectivity index (χ1n) is 9.93. The first-order chi connectivity index (χ1) is 14.3. The lowest BCUT2D eigenvalue weighted by Gasteiger charge is -2.22. The van der Waals surface area contributed by atoms with Crippen molar-refractivity contribution in [3.8, 4) is 5.75 Å². The van der Waals surface area contributed by atoms with E-state index in [1.807, 2.05) is 66.7 Å². The second-order valence-corrected chi connectivity index (χ2v) is 7.10. The van der Waals surface area contributed by atoms with Gasteiger partial charge in [-0.1, -0.05) is 97.1 Å². The lowest BCUT2D eigenvalue weighted by molar-refractivity contribution is 0.105. The van der Waals surface area contributed by atoms with Crippen LogP contribution in [0.4, 0.5) is 0 Å². The van der Waals surface area contributed by atoms with Crippen molar-refractivity contribution in [2.75, 3.05) is 13.2 Å². The van der Waals surface area contributed by atoms with Gasteiger partial charge in [-0.25, -0.2) is 0 Å². The molecule has 4 rings (SSSR count). The molecule has 0 saturated carbocycles. The zero-order valence-electron chi connectivity index (χ0n) is 16.2. The molecule has 0 aliphatic rings. The van der Waals surface area contributed by atoms with Crippen LogP contribution >= 0.6 is 0 Å². The summed E-state index contributed by atoms with van der Waals surface area (Å²) in [7, 11) is 0. The Labute approximate surface area is 171 Å². The van der Waals surface area contributed by atoms with Gasteiger partial charge >= 0.3 is 0 Å². The van der Waals surface area contributed by atoms with Gasteiger partial charge in [0.05, 0.1) is 6.04 Å². The first-order valence-corrected chi connectivity index (χ1v) is 9.93. The van der Waals surface area contributed by atoms with E-state index in [0.717, 1.165) is 16.5 Å². The van der Waals surface area contributed by atoms with Crippen LogP contribution in [0, 0.1) is 0 Å². The van der Waals surface area contributed by atoms with E-state index in [0.29, 0.717) is 6.54 Å². The second kappa shape index (κ2) is 9.37. The normalized spacial score (nSPS) is 12.2. The summed E-state index contributed by atoms with van der Waals surface area (Å²) in [4.78, 5) is 0. The summed E-state index contributed by atoms with van der Waals surface area (Å²) in [6.45, 7) is 0.663. The predicted octanol–water partition coefficient (Wildman–Crippen LogP) is 4.96. The number of nitrogens with one attached hydrogen (secondary N) is 1. The number of rotatable bonds is 8. The van der Waals surface area contributed by atoms with Gasteiger partial charge in [0.25, 0.3) is 0 Å². The van der Waals surface area contributed by atoms with Gasteiger partial charge in [0, 0.05) is 11.9 Å². The van der Waals surface area contributed by atoms with Gasteiger partial charge in [-0.2, -0.15) is 0 Å². The maximum atomic E-state index is 10.5. The van der Waals surface area contributed by atoms with Crippen LogP contribution in [-0.4, -0.2) is 24.4 Å². The molecule has 0 heterocycles. The number of benzene rings is 4. The molecule has 0 aliphatic carbocycles. The summed E-state index contributed by atoms with van der Waals surface area (Å²) < 4.78 is 5.93. The van der Waals surface area contributed by atoms with Gasteiger partial charge in [-0.15, -0.1) is 0 Å². The lowest BCUT2D eigenvalue weighted by Crippen LogP contribution is -2.34. The molecule has 0 aliphatic heterocycles. The van der Waals surface area contributed by atoms with E-state index >= 15 is 0 Å². The van der Waals surface area contributed by atoms with Gasteiger partial charge in [0.15, 0.2) is 0 Å². The Morgan fingerprint density at radius 3 is 1.97 bits per heavy atom. The minimum absolute atomic E-state index is 0.0182. The zero-order valence-corrected chi connectivity index (χ0v) is 16.2. The number of hydrogen-bond acceptors (Lipinski definition) is 3. The van der Waals surface area contributed by atoms with Gasteiger partial charge in [-0.3, -0.25) is 0 Å². The number of ether oxygens (including phenoxy) is 1. The van der Waals surface area contributed by atoms with E-state index in [-0.39, 0.29) is 12.6 Å². The molecule has 0 radical (unpaired) electrons. The van der Waals surface area contributed by atoms with Gasteiger partial charge < -0.3 is 15.2 Å². The third kappa shape index (κ3) is 4.83. The van der Waals surface area contributed by atoms with Crippen LogP contribution in [0.1, 0.15) is 17.2 Å². The second-order valence-electron chi connectivity index (χ2n) is 7.10. The van der Waals surface area contributed by atoms with E-state index in [4.69, 9.17) is 4.74 Å². The van der Waals surface area contributed by atoms with Gasteiger partial charge in [0.2, 0.25) is 0 Å². The Kier molecular flexibility index (Phi) is 6.20. The van der Waals surface area contributed by atoms with Crippen LogP contribution in [0.3, 0.4) is 0 Å². The Hall–Kier alpha value is -3.14. The third-order valence-electron chi connectivity index (χ3n) is 5.00. The quantitative estimate of drug-likeness (QED) is 0.452. The fourth-order valence-electron chi connectivity index (χ4n) is 3.54. The molecule has 146 valence electrons. The minimum atomic E-state index is -0.621. The SMILES string of the molecule is O[C@@H](CNC(c1ccccc1)c1ccccc1)COc1cccc2ccccc12. The van der Waals surface area contributed by atoms with Crippen molar-refractivity contribution < 1.29 is 9.84 Å². The average Bonchev–Trinajstić information content (AvgIpc) is 2.79. The molecule has 0 unspecified atom stereocenters. The highest BCUT2D eigenvalue weighted by atomic mass is 16.5. The van der Waals surface area contributed by atoms with Crippen molar-refractivity contribution in [1.82, 2.24) is 5.32 Å². The van der Waals surface area contributed by atoms with Crippen molar-refractivity contribution >= 4 is 10.8 Å². The molecule has 4 aromatic rings. The van der Waals surface area contributed by atoms with Crippen molar-refractivity contribution in [2.24, 2.45) is 0 Å². The molecule has 0 fully saturated rings. The first kappa shape index (κ1) is 19.2. The average molecular weight is 383 g/mol. The maximum absolute atomic E-state index is 10.5. The van der Waals surface area contributed by atoms with Crippen LogP contribution in [-0.2, 0) is 0 Å². The third-order valence-corrected chi connectivity index (χ3v) is 5.00. The number of aliphatic hydroxyl groups excluding tert-OH is 1. The summed E-state index contributed by atoms with van der Waals surface area (Å²) >= 11 is 0. The molecule has 0 amide bonds. The number of hydrogen-bond donors (Lipinski definition) is 2. The van der Waals surface area contributed by atoms with E-state index in [1.165, 1.54) is 11.1 Å². The van der Waals surface area contributed by atoms with Crippen LogP contribution in [0.15, 0.2) is 103 Å². The number of aliphatic hydroxyl groups is 1. The summed E-state index contributed by atoms with van der Waals surface area (Å²) in [5.41, 5.74) is 2.33. The lowest BCUT2D eigenvalue weighted by atomic mass is 9.98. The molecule has 3 heteroatoms. The topological polar surface area (TPSA) is 41.5 Å². The largest absolute Gasteiger partial charge is 0.490 e. The Morgan fingerprint density at radius 2 is 1.28 bits per heavy atom. The molecule has 3 nitrogen and oxygen atoms in total. The van der Waals surface area contributed by atoms with Crippen molar-refractivity contribution in [1.29, 1.82) is 0 Å². The summed E-state index contributed by atoms with van der Waals surface area (Å²) in [6, 6.07) is 34.7. The Morgan fingerprint density at radius 1 is 0.690 bits per heavy atom. The fourth-order valence-corrected chi connectivity index (χ4v) is 3.54. The number of fused-ring (bicyclic) bond motifs is 1. The standard InChI is InChI=1S/C26H25NO2/c28-23(19-29-25-17-9-15-20-10-7-8-16-24(20)25)18-27-26(21-11-3-1-4-12-21)22-13-5-2-6-14-22/h1-17,23,26-28H,18-19H2/t23-/m0/s1. The van der Waals surface area contributed by atoms with E-state index in [1.54, 1.807) is 0 Å². The molecule has 4 aromatic carbocycles. The van der Waals surface area contributed by atoms with Crippen molar-refractivity contribution in [3.63, 3.8) is 0 Å². The highest BCUT2D eigenvalue weighted by Crippen LogP contribution is 2.25. The molecule has 2 N–H and O–H groups in total. The minimum Gasteiger partial charge on any atom is -0.490 e. The van der Waals surface area contributed by atoms with Gasteiger partial charge in [-0.05, 0) is 22.6 Å². The van der Waals surface area contributed by atoms with E-state index in [2.05, 4.69) is 41.7 Å². The molecule has 0 spiro atoms. The van der Waals surface area contributed by atoms with Crippen LogP contribution < -0.4 is 10.1 Å². The summed E-state index contributed by atoms with van der Waals surface area (Å²) in [6.07, 6.45) is -0.621. The Bertz CT molecular complexity index is 989. The highest BCUT2D eigenvalue weighted by molar-refractivity contribution is 5.88. The van der Waals surface area contributed by atoms with E-state index in [9.17, 15) is 5.11 Å². The predicted molar refractivity (Wildman–Crippen MR) is 118 cm³/mol. The molecular weight excluding hydrogens is 358 g/mol. The van der Waals surface area contributed by atoms with Gasteiger partial charge in [0.1, 0.15) is 18.5 Å². The molecular formula is C26H25NO2. The van der Waals surface area contributed by atoms with Crippen LogP contribution in [0.25, 0.3) is 10.8 Å². The Balaban J connectivity index is 1.41. The maximum Gasteiger partial charge on any atom is 0.127 e. The molecule has 0 aromatic heterocycles. The van der Waals surface area contributed by atoms with Crippen LogP contribution in [0.2, 0.25) is 0 Å². The zero-order chi connectivity index (χ0) is 19.9. The molecule has 0 bridgehead atoms. The smallest absolute Gasteiger partial charge is 0.127 e. The van der Waals surface area contributed by atoms with Crippen molar-refractivity contribution in [2.45, 2.75) is 12.1 Å².